The van der Waals surface area contributed by atoms with Crippen LogP contribution in [0.15, 0.2) is 29.2 Å². The van der Waals surface area contributed by atoms with Gasteiger partial charge in [-0.25, -0.2) is 12.7 Å². The second kappa shape index (κ2) is 6.80. The molecule has 0 bridgehead atoms. The Hall–Kier alpha value is -0.760. The van der Waals surface area contributed by atoms with Gasteiger partial charge in [-0.2, -0.15) is 0 Å². The van der Waals surface area contributed by atoms with Gasteiger partial charge in [-0.05, 0) is 24.5 Å². The molecule has 3 N–H and O–H groups in total. The van der Waals surface area contributed by atoms with Gasteiger partial charge >= 0.3 is 0 Å². The first kappa shape index (κ1) is 15.6. The van der Waals surface area contributed by atoms with Gasteiger partial charge in [-0.1, -0.05) is 12.1 Å². The number of nitrogen functional groups attached to an aromatic ring is 1. The first-order valence-electron chi connectivity index (χ1n) is 6.59. The number of aliphatic hydroxyl groups is 1. The van der Waals surface area contributed by atoms with E-state index < -0.39 is 10.0 Å². The standard InChI is InChI=1S/C13H20N2O3S2/c14-12-3-1-2-4-13(12)19-7-8-20(17,18)15-6-5-11(9-15)10-16/h1-4,11,16H,5-10,14H2. The molecule has 1 saturated heterocycles. The van der Waals surface area contributed by atoms with Gasteiger partial charge in [0.1, 0.15) is 0 Å². The number of nitrogens with zero attached hydrogens (tertiary/aromatic N) is 1. The minimum atomic E-state index is -3.23. The molecule has 0 aromatic heterocycles. The van der Waals surface area contributed by atoms with Gasteiger partial charge < -0.3 is 10.8 Å². The third-order valence-electron chi connectivity index (χ3n) is 3.42. The molecule has 1 aromatic carbocycles. The molecule has 0 saturated carbocycles. The molecule has 1 aliphatic rings. The summed E-state index contributed by atoms with van der Waals surface area (Å²) < 4.78 is 25.8. The fourth-order valence-electron chi connectivity index (χ4n) is 2.20. The second-order valence-electron chi connectivity index (χ2n) is 4.90. The molecule has 20 heavy (non-hydrogen) atoms. The zero-order valence-electron chi connectivity index (χ0n) is 11.2. The number of sulfonamides is 1. The molecular formula is C13H20N2O3S2. The number of para-hydroxylation sites is 1. The predicted octanol–water partition coefficient (Wildman–Crippen LogP) is 1.00. The van der Waals surface area contributed by atoms with Gasteiger partial charge in [-0.15, -0.1) is 11.8 Å². The summed E-state index contributed by atoms with van der Waals surface area (Å²) in [5, 5.41) is 9.07. The monoisotopic (exact) mass is 316 g/mol. The van der Waals surface area contributed by atoms with Crippen molar-refractivity contribution >= 4 is 27.5 Å². The molecule has 1 aliphatic heterocycles. The average molecular weight is 316 g/mol. The Morgan fingerprint density at radius 1 is 1.40 bits per heavy atom. The smallest absolute Gasteiger partial charge is 0.214 e. The first-order chi connectivity index (χ1) is 9.53. The summed E-state index contributed by atoms with van der Waals surface area (Å²) in [6.45, 7) is 1.02. The lowest BCUT2D eigenvalue weighted by Crippen LogP contribution is -2.32. The molecular weight excluding hydrogens is 296 g/mol. The Morgan fingerprint density at radius 3 is 2.80 bits per heavy atom. The van der Waals surface area contributed by atoms with E-state index in [1.54, 1.807) is 0 Å². The number of aliphatic hydroxyl groups excluding tert-OH is 1. The summed E-state index contributed by atoms with van der Waals surface area (Å²) >= 11 is 1.46. The second-order valence-corrected chi connectivity index (χ2v) is 8.12. The minimum Gasteiger partial charge on any atom is -0.398 e. The number of anilines is 1. The van der Waals surface area contributed by atoms with Crippen LogP contribution >= 0.6 is 11.8 Å². The van der Waals surface area contributed by atoms with E-state index in [0.717, 1.165) is 11.3 Å². The highest BCUT2D eigenvalue weighted by Crippen LogP contribution is 2.25. The Kier molecular flexibility index (Phi) is 5.31. The summed E-state index contributed by atoms with van der Waals surface area (Å²) in [4.78, 5) is 0.914. The van der Waals surface area contributed by atoms with Crippen molar-refractivity contribution in [3.05, 3.63) is 24.3 Å². The quantitative estimate of drug-likeness (QED) is 0.604. The van der Waals surface area contributed by atoms with Gasteiger partial charge in [0.2, 0.25) is 10.0 Å². The van der Waals surface area contributed by atoms with Crippen LogP contribution in [-0.2, 0) is 10.0 Å². The molecule has 0 spiro atoms. The summed E-state index contributed by atoms with van der Waals surface area (Å²) in [6.07, 6.45) is 0.745. The van der Waals surface area contributed by atoms with Crippen LogP contribution < -0.4 is 5.73 Å². The highest BCUT2D eigenvalue weighted by Gasteiger charge is 2.30. The van der Waals surface area contributed by atoms with Crippen LogP contribution in [0.2, 0.25) is 0 Å². The van der Waals surface area contributed by atoms with Crippen molar-refractivity contribution in [2.24, 2.45) is 5.92 Å². The number of rotatable bonds is 6. The van der Waals surface area contributed by atoms with E-state index in [9.17, 15) is 8.42 Å². The average Bonchev–Trinajstić information content (AvgIpc) is 2.90. The van der Waals surface area contributed by atoms with Crippen LogP contribution in [0, 0.1) is 5.92 Å². The lowest BCUT2D eigenvalue weighted by Gasteiger charge is -2.16. The fraction of sp³-hybridized carbons (Fsp3) is 0.538. The van der Waals surface area contributed by atoms with Gasteiger partial charge in [0.15, 0.2) is 0 Å². The van der Waals surface area contributed by atoms with Crippen LogP contribution in [0.3, 0.4) is 0 Å². The summed E-state index contributed by atoms with van der Waals surface area (Å²) in [7, 11) is -3.23. The lowest BCUT2D eigenvalue weighted by molar-refractivity contribution is 0.233. The van der Waals surface area contributed by atoms with E-state index in [1.165, 1.54) is 16.1 Å². The summed E-state index contributed by atoms with van der Waals surface area (Å²) in [6, 6.07) is 7.45. The molecule has 1 unspecified atom stereocenters. The highest BCUT2D eigenvalue weighted by molar-refractivity contribution is 8.00. The molecule has 112 valence electrons. The van der Waals surface area contributed by atoms with Crippen molar-refractivity contribution < 1.29 is 13.5 Å². The number of hydrogen-bond acceptors (Lipinski definition) is 5. The van der Waals surface area contributed by atoms with Crippen molar-refractivity contribution in [2.45, 2.75) is 11.3 Å². The number of hydrogen-bond donors (Lipinski definition) is 2. The maximum absolute atomic E-state index is 12.2. The van der Waals surface area contributed by atoms with Gasteiger partial charge in [-0.3, -0.25) is 0 Å². The maximum Gasteiger partial charge on any atom is 0.214 e. The Morgan fingerprint density at radius 2 is 2.15 bits per heavy atom. The molecule has 1 fully saturated rings. The minimum absolute atomic E-state index is 0.0569. The predicted molar refractivity (Wildman–Crippen MR) is 82.1 cm³/mol. The van der Waals surface area contributed by atoms with Crippen LogP contribution in [-0.4, -0.2) is 49.0 Å². The molecule has 1 atom stereocenters. The van der Waals surface area contributed by atoms with Gasteiger partial charge in [0.25, 0.3) is 0 Å². The van der Waals surface area contributed by atoms with E-state index in [2.05, 4.69) is 0 Å². The largest absolute Gasteiger partial charge is 0.398 e. The first-order valence-corrected chi connectivity index (χ1v) is 9.18. The molecule has 2 rings (SSSR count). The van der Waals surface area contributed by atoms with E-state index in [-0.39, 0.29) is 18.3 Å². The zero-order valence-corrected chi connectivity index (χ0v) is 12.9. The van der Waals surface area contributed by atoms with Crippen LogP contribution in [0.5, 0.6) is 0 Å². The molecule has 0 aliphatic carbocycles. The van der Waals surface area contributed by atoms with Gasteiger partial charge in [0, 0.05) is 36.0 Å². The molecule has 5 nitrogen and oxygen atoms in total. The number of nitrogens with two attached hydrogens (primary N) is 1. The van der Waals surface area contributed by atoms with E-state index in [1.807, 2.05) is 24.3 Å². The molecule has 1 aromatic rings. The van der Waals surface area contributed by atoms with E-state index in [4.69, 9.17) is 10.8 Å². The summed E-state index contributed by atoms with van der Waals surface area (Å²) in [5.74, 6) is 0.670. The topological polar surface area (TPSA) is 83.6 Å². The van der Waals surface area contributed by atoms with Crippen molar-refractivity contribution in [1.29, 1.82) is 0 Å². The summed E-state index contributed by atoms with van der Waals surface area (Å²) in [5.41, 5.74) is 6.50. The van der Waals surface area contributed by atoms with Crippen LogP contribution in [0.4, 0.5) is 5.69 Å². The number of benzene rings is 1. The maximum atomic E-state index is 12.2. The van der Waals surface area contributed by atoms with Gasteiger partial charge in [0.05, 0.1) is 5.75 Å². The normalized spacial score (nSPS) is 20.4. The Balaban J connectivity index is 1.86. The molecule has 7 heteroatoms. The third kappa shape index (κ3) is 3.88. The highest BCUT2D eigenvalue weighted by atomic mass is 32.2. The SMILES string of the molecule is Nc1ccccc1SCCS(=O)(=O)N1CCC(CO)C1. The van der Waals surface area contributed by atoms with Crippen molar-refractivity contribution in [3.63, 3.8) is 0 Å². The molecule has 0 amide bonds. The molecule has 0 radical (unpaired) electrons. The van der Waals surface area contributed by atoms with Crippen molar-refractivity contribution in [3.8, 4) is 0 Å². The van der Waals surface area contributed by atoms with Crippen LogP contribution in [0.1, 0.15) is 6.42 Å². The van der Waals surface area contributed by atoms with Crippen molar-refractivity contribution in [1.82, 2.24) is 4.31 Å². The molecule has 1 heterocycles. The van der Waals surface area contributed by atoms with Crippen molar-refractivity contribution in [2.75, 3.05) is 36.9 Å². The zero-order chi connectivity index (χ0) is 14.6. The third-order valence-corrected chi connectivity index (χ3v) is 6.61. The lowest BCUT2D eigenvalue weighted by atomic mass is 10.1. The van der Waals surface area contributed by atoms with E-state index in [0.29, 0.717) is 24.5 Å². The van der Waals surface area contributed by atoms with E-state index >= 15 is 0 Å². The Bertz CT molecular complexity index is 548. The number of thioether (sulfide) groups is 1. The van der Waals surface area contributed by atoms with Crippen LogP contribution in [0.25, 0.3) is 0 Å². The Labute approximate surface area is 124 Å². The fourth-order valence-corrected chi connectivity index (χ4v) is 5.08.